The van der Waals surface area contributed by atoms with E-state index in [4.69, 9.17) is 5.14 Å². The number of aryl methyl sites for hydroxylation is 1. The predicted molar refractivity (Wildman–Crippen MR) is 78.2 cm³/mol. The van der Waals surface area contributed by atoms with E-state index in [1.807, 2.05) is 0 Å². The van der Waals surface area contributed by atoms with Gasteiger partial charge in [0.15, 0.2) is 5.69 Å². The van der Waals surface area contributed by atoms with Crippen molar-refractivity contribution in [3.63, 3.8) is 0 Å². The Bertz CT molecular complexity index is 615. The number of aromatic amines is 1. The number of nitrogens with two attached hydrogens (primary N) is 1. The van der Waals surface area contributed by atoms with Crippen molar-refractivity contribution in [2.75, 3.05) is 13.1 Å². The fourth-order valence-electron chi connectivity index (χ4n) is 2.89. The summed E-state index contributed by atoms with van der Waals surface area (Å²) in [6, 6.07) is 0. The number of H-pyrrole nitrogens is 1. The van der Waals surface area contributed by atoms with Gasteiger partial charge in [0.05, 0.1) is 5.69 Å². The van der Waals surface area contributed by atoms with Gasteiger partial charge in [-0.1, -0.05) is 19.8 Å². The van der Waals surface area contributed by atoms with Gasteiger partial charge in [0.1, 0.15) is 4.90 Å². The first-order valence-corrected chi connectivity index (χ1v) is 8.76. The largest absolute Gasteiger partial charge is 0.337 e. The van der Waals surface area contributed by atoms with Gasteiger partial charge in [-0.25, -0.2) is 13.6 Å². The van der Waals surface area contributed by atoms with Crippen LogP contribution in [-0.4, -0.2) is 42.5 Å². The lowest BCUT2D eigenvalue weighted by Gasteiger charge is -2.31. The molecule has 0 unspecified atom stereocenters. The molecule has 1 aliphatic heterocycles. The Labute approximate surface area is 124 Å². The van der Waals surface area contributed by atoms with E-state index >= 15 is 0 Å². The van der Waals surface area contributed by atoms with Gasteiger partial charge in [-0.05, 0) is 25.7 Å². The molecule has 2 heterocycles. The smallest absolute Gasteiger partial charge is 0.275 e. The Morgan fingerprint density at radius 1 is 1.43 bits per heavy atom. The summed E-state index contributed by atoms with van der Waals surface area (Å²) in [5, 5.41) is 11.5. The van der Waals surface area contributed by atoms with Crippen molar-refractivity contribution < 1.29 is 13.2 Å². The normalized spacial score (nSPS) is 17.2. The lowest BCUT2D eigenvalue weighted by Crippen LogP contribution is -2.39. The van der Waals surface area contributed by atoms with Gasteiger partial charge >= 0.3 is 0 Å². The second kappa shape index (κ2) is 6.15. The monoisotopic (exact) mass is 314 g/mol. The van der Waals surface area contributed by atoms with Crippen LogP contribution in [0.25, 0.3) is 0 Å². The van der Waals surface area contributed by atoms with E-state index in [1.54, 1.807) is 4.90 Å². The van der Waals surface area contributed by atoms with Crippen LogP contribution < -0.4 is 5.14 Å². The molecule has 3 N–H and O–H groups in total. The highest BCUT2D eigenvalue weighted by Gasteiger charge is 2.30. The molecule has 118 valence electrons. The minimum atomic E-state index is -3.97. The molecule has 1 amide bonds. The number of hydrogen-bond acceptors (Lipinski definition) is 4. The molecule has 7 nitrogen and oxygen atoms in total. The van der Waals surface area contributed by atoms with Gasteiger partial charge in [0.2, 0.25) is 10.0 Å². The molecule has 0 aliphatic carbocycles. The zero-order valence-corrected chi connectivity index (χ0v) is 13.2. The van der Waals surface area contributed by atoms with Crippen LogP contribution in [0, 0.1) is 12.8 Å². The van der Waals surface area contributed by atoms with Gasteiger partial charge in [-0.2, -0.15) is 5.10 Å². The Kier molecular flexibility index (Phi) is 4.67. The van der Waals surface area contributed by atoms with Crippen LogP contribution in [0.15, 0.2) is 4.90 Å². The second-order valence-electron chi connectivity index (χ2n) is 5.60. The van der Waals surface area contributed by atoms with Crippen LogP contribution in [0.3, 0.4) is 0 Å². The first kappa shape index (κ1) is 16.0. The van der Waals surface area contributed by atoms with Crippen molar-refractivity contribution in [3.05, 3.63) is 11.4 Å². The minimum absolute atomic E-state index is 0.0936. The maximum atomic E-state index is 12.5. The number of carbonyl (C=O) groups excluding carboxylic acids is 1. The number of rotatable bonds is 4. The molecule has 0 saturated carbocycles. The average Bonchev–Trinajstić information content (AvgIpc) is 2.81. The van der Waals surface area contributed by atoms with Crippen LogP contribution in [-0.2, 0) is 10.0 Å². The van der Waals surface area contributed by atoms with E-state index in [2.05, 4.69) is 17.1 Å². The number of nitrogens with zero attached hydrogens (tertiary/aromatic N) is 2. The highest BCUT2D eigenvalue weighted by molar-refractivity contribution is 7.89. The number of carbonyl (C=O) groups is 1. The van der Waals surface area contributed by atoms with Crippen LogP contribution in [0.2, 0.25) is 0 Å². The fourth-order valence-corrected chi connectivity index (χ4v) is 3.77. The van der Waals surface area contributed by atoms with E-state index < -0.39 is 10.0 Å². The molecule has 1 aliphatic rings. The first-order valence-electron chi connectivity index (χ1n) is 7.21. The van der Waals surface area contributed by atoms with Gasteiger partial charge < -0.3 is 4.90 Å². The number of nitrogens with one attached hydrogen (secondary N) is 1. The summed E-state index contributed by atoms with van der Waals surface area (Å²) in [7, 11) is -3.97. The van der Waals surface area contributed by atoms with Crippen LogP contribution in [0.1, 0.15) is 48.8 Å². The van der Waals surface area contributed by atoms with Crippen molar-refractivity contribution in [1.82, 2.24) is 15.1 Å². The summed E-state index contributed by atoms with van der Waals surface area (Å²) in [4.78, 5) is 13.9. The highest BCUT2D eigenvalue weighted by atomic mass is 32.2. The summed E-state index contributed by atoms with van der Waals surface area (Å²) in [6.07, 6.45) is 4.22. The SMILES string of the molecule is CCCC1CCN(C(=O)c2n[nH]c(C)c2S(N)(=O)=O)CC1. The third kappa shape index (κ3) is 3.44. The topological polar surface area (TPSA) is 109 Å². The zero-order chi connectivity index (χ0) is 15.6. The van der Waals surface area contributed by atoms with Crippen molar-refractivity contribution in [1.29, 1.82) is 0 Å². The van der Waals surface area contributed by atoms with Crippen LogP contribution in [0.5, 0.6) is 0 Å². The molecule has 8 heteroatoms. The maximum Gasteiger partial charge on any atom is 0.275 e. The Balaban J connectivity index is 2.16. The van der Waals surface area contributed by atoms with Crippen molar-refractivity contribution in [2.45, 2.75) is 44.4 Å². The molecular formula is C13H22N4O3S. The van der Waals surface area contributed by atoms with Gasteiger partial charge in [0.25, 0.3) is 5.91 Å². The standard InChI is InChI=1S/C13H22N4O3S/c1-3-4-10-5-7-17(8-6-10)13(18)11-12(21(14,19)20)9(2)15-16-11/h10H,3-8H2,1-2H3,(H,15,16)(H2,14,19,20). The predicted octanol–water partition coefficient (Wildman–Crippen LogP) is 1.02. The van der Waals surface area contributed by atoms with Gasteiger partial charge in [-0.15, -0.1) is 0 Å². The number of sulfonamides is 1. The summed E-state index contributed by atoms with van der Waals surface area (Å²) >= 11 is 0. The second-order valence-corrected chi connectivity index (χ2v) is 7.09. The first-order chi connectivity index (χ1) is 9.84. The van der Waals surface area contributed by atoms with E-state index in [-0.39, 0.29) is 16.5 Å². The molecule has 0 atom stereocenters. The zero-order valence-electron chi connectivity index (χ0n) is 12.4. The molecular weight excluding hydrogens is 292 g/mol. The number of piperidine rings is 1. The maximum absolute atomic E-state index is 12.5. The number of aromatic nitrogens is 2. The van der Waals surface area contributed by atoms with Crippen molar-refractivity contribution >= 4 is 15.9 Å². The van der Waals surface area contributed by atoms with Crippen molar-refractivity contribution in [3.8, 4) is 0 Å². The van der Waals surface area contributed by atoms with Gasteiger partial charge in [-0.3, -0.25) is 9.89 Å². The Hall–Kier alpha value is -1.41. The molecule has 0 radical (unpaired) electrons. The van der Waals surface area contributed by atoms with Crippen LogP contribution >= 0.6 is 0 Å². The average molecular weight is 314 g/mol. The molecule has 21 heavy (non-hydrogen) atoms. The number of primary sulfonamides is 1. The molecule has 0 bridgehead atoms. The van der Waals surface area contributed by atoms with Gasteiger partial charge in [0, 0.05) is 13.1 Å². The number of hydrogen-bond donors (Lipinski definition) is 2. The van der Waals surface area contributed by atoms with Crippen LogP contribution in [0.4, 0.5) is 0 Å². The van der Waals surface area contributed by atoms with E-state index in [9.17, 15) is 13.2 Å². The molecule has 2 rings (SSSR count). The minimum Gasteiger partial charge on any atom is -0.337 e. The van der Waals surface area contributed by atoms with E-state index in [0.29, 0.717) is 24.7 Å². The lowest BCUT2D eigenvalue weighted by atomic mass is 9.92. The third-order valence-electron chi connectivity index (χ3n) is 3.98. The number of amides is 1. The molecule has 0 spiro atoms. The Morgan fingerprint density at radius 2 is 2.05 bits per heavy atom. The third-order valence-corrected chi connectivity index (χ3v) is 5.05. The van der Waals surface area contributed by atoms with E-state index in [1.165, 1.54) is 13.3 Å². The molecule has 1 fully saturated rings. The highest BCUT2D eigenvalue weighted by Crippen LogP contribution is 2.24. The molecule has 0 aromatic carbocycles. The quantitative estimate of drug-likeness (QED) is 0.864. The summed E-state index contributed by atoms with van der Waals surface area (Å²) in [5.74, 6) is 0.288. The number of likely N-dealkylation sites (tertiary alicyclic amines) is 1. The van der Waals surface area contributed by atoms with Crippen molar-refractivity contribution in [2.24, 2.45) is 11.1 Å². The van der Waals surface area contributed by atoms with E-state index in [0.717, 1.165) is 19.3 Å². The summed E-state index contributed by atoms with van der Waals surface area (Å²) in [6.45, 7) is 4.97. The lowest BCUT2D eigenvalue weighted by molar-refractivity contribution is 0.0676. The molecule has 1 aromatic rings. The fraction of sp³-hybridized carbons (Fsp3) is 0.692. The Morgan fingerprint density at radius 3 is 2.57 bits per heavy atom. The summed E-state index contributed by atoms with van der Waals surface area (Å²) in [5.41, 5.74) is 0.200. The summed E-state index contributed by atoms with van der Waals surface area (Å²) < 4.78 is 23.2. The molecule has 1 saturated heterocycles. The molecule has 1 aromatic heterocycles.